The van der Waals surface area contributed by atoms with Crippen LogP contribution in [0.5, 0.6) is 0 Å². The molecule has 0 aliphatic heterocycles. The van der Waals surface area contributed by atoms with Crippen molar-refractivity contribution in [3.63, 3.8) is 0 Å². The van der Waals surface area contributed by atoms with Crippen molar-refractivity contribution in [1.29, 1.82) is 0 Å². The quantitative estimate of drug-likeness (QED) is 0.881. The van der Waals surface area contributed by atoms with Crippen LogP contribution in [-0.4, -0.2) is 16.0 Å². The minimum absolute atomic E-state index is 0.601. The van der Waals surface area contributed by atoms with E-state index in [9.17, 15) is 0 Å². The summed E-state index contributed by atoms with van der Waals surface area (Å²) in [5.41, 5.74) is 1.14. The van der Waals surface area contributed by atoms with Gasteiger partial charge in [0.15, 0.2) is 0 Å². The van der Waals surface area contributed by atoms with E-state index >= 15 is 0 Å². The maximum Gasteiger partial charge on any atom is 0.130 e. The lowest BCUT2D eigenvalue weighted by molar-refractivity contribution is 0.470. The second kappa shape index (κ2) is 6.72. The maximum absolute atomic E-state index is 4.51. The van der Waals surface area contributed by atoms with E-state index in [2.05, 4.69) is 28.3 Å². The summed E-state index contributed by atoms with van der Waals surface area (Å²) in [5.74, 6) is 1.90. The van der Waals surface area contributed by atoms with Crippen molar-refractivity contribution in [1.82, 2.24) is 9.97 Å². The second-order valence-corrected chi connectivity index (χ2v) is 5.33. The standard InChI is InChI=1S/C15H25N3/c1-3-13-11-15(17-12(2)16-13)18-14-9-7-5-4-6-8-10-14/h11,14H,3-10H2,1-2H3,(H,16,17,18). The molecule has 18 heavy (non-hydrogen) atoms. The predicted octanol–water partition coefficient (Wildman–Crippen LogP) is 3.87. The number of nitrogens with zero attached hydrogens (tertiary/aromatic N) is 2. The molecule has 0 amide bonds. The summed E-state index contributed by atoms with van der Waals surface area (Å²) in [7, 11) is 0. The molecule has 0 radical (unpaired) electrons. The molecule has 1 aliphatic rings. The highest BCUT2D eigenvalue weighted by Crippen LogP contribution is 2.20. The normalized spacial score (nSPS) is 18.1. The SMILES string of the molecule is CCc1cc(NC2CCCCCCC2)nc(C)n1. The number of rotatable bonds is 3. The Labute approximate surface area is 110 Å². The first-order valence-corrected chi connectivity index (χ1v) is 7.39. The number of aromatic nitrogens is 2. The lowest BCUT2D eigenvalue weighted by Crippen LogP contribution is -2.21. The molecular formula is C15H25N3. The highest BCUT2D eigenvalue weighted by atomic mass is 15.0. The van der Waals surface area contributed by atoms with Gasteiger partial charge >= 0.3 is 0 Å². The van der Waals surface area contributed by atoms with Crippen molar-refractivity contribution in [3.05, 3.63) is 17.6 Å². The molecule has 2 rings (SSSR count). The molecule has 0 atom stereocenters. The van der Waals surface area contributed by atoms with E-state index < -0.39 is 0 Å². The summed E-state index contributed by atoms with van der Waals surface area (Å²) in [6.45, 7) is 4.11. The third-order valence-corrected chi connectivity index (χ3v) is 3.71. The lowest BCUT2D eigenvalue weighted by atomic mass is 9.97. The van der Waals surface area contributed by atoms with Crippen LogP contribution in [0.2, 0.25) is 0 Å². The summed E-state index contributed by atoms with van der Waals surface area (Å²) in [4.78, 5) is 8.94. The Morgan fingerprint density at radius 2 is 1.78 bits per heavy atom. The third kappa shape index (κ3) is 3.97. The fourth-order valence-corrected chi connectivity index (χ4v) is 2.69. The summed E-state index contributed by atoms with van der Waals surface area (Å²) < 4.78 is 0. The molecule has 3 nitrogen and oxygen atoms in total. The van der Waals surface area contributed by atoms with Gasteiger partial charge in [0.2, 0.25) is 0 Å². The molecule has 1 saturated carbocycles. The first-order chi connectivity index (χ1) is 8.78. The van der Waals surface area contributed by atoms with Crippen LogP contribution in [0.4, 0.5) is 5.82 Å². The second-order valence-electron chi connectivity index (χ2n) is 5.33. The van der Waals surface area contributed by atoms with E-state index in [0.29, 0.717) is 6.04 Å². The number of hydrogen-bond donors (Lipinski definition) is 1. The van der Waals surface area contributed by atoms with Gasteiger partial charge in [0.25, 0.3) is 0 Å². The molecule has 1 fully saturated rings. The molecule has 1 heterocycles. The van der Waals surface area contributed by atoms with Crippen LogP contribution < -0.4 is 5.32 Å². The fraction of sp³-hybridized carbons (Fsp3) is 0.733. The summed E-state index contributed by atoms with van der Waals surface area (Å²) >= 11 is 0. The third-order valence-electron chi connectivity index (χ3n) is 3.71. The molecule has 3 heteroatoms. The van der Waals surface area contributed by atoms with Gasteiger partial charge in [-0.3, -0.25) is 0 Å². The molecule has 0 aromatic carbocycles. The molecule has 0 bridgehead atoms. The molecule has 0 saturated heterocycles. The van der Waals surface area contributed by atoms with Crippen molar-refractivity contribution in [2.75, 3.05) is 5.32 Å². The Morgan fingerprint density at radius 1 is 1.11 bits per heavy atom. The summed E-state index contributed by atoms with van der Waals surface area (Å²) in [6, 6.07) is 2.70. The van der Waals surface area contributed by atoms with Crippen LogP contribution in [0.1, 0.15) is 63.4 Å². The van der Waals surface area contributed by atoms with Crippen molar-refractivity contribution < 1.29 is 0 Å². The molecular weight excluding hydrogens is 222 g/mol. The zero-order valence-electron chi connectivity index (χ0n) is 11.7. The van der Waals surface area contributed by atoms with Gasteiger partial charge in [-0.1, -0.05) is 39.0 Å². The maximum atomic E-state index is 4.51. The Kier molecular flexibility index (Phi) is 4.97. The molecule has 1 aromatic heterocycles. The Morgan fingerprint density at radius 3 is 2.44 bits per heavy atom. The molecule has 1 N–H and O–H groups in total. The molecule has 0 unspecified atom stereocenters. The van der Waals surface area contributed by atoms with E-state index in [-0.39, 0.29) is 0 Å². The van der Waals surface area contributed by atoms with Crippen molar-refractivity contribution in [2.45, 2.75) is 71.3 Å². The van der Waals surface area contributed by atoms with Crippen LogP contribution >= 0.6 is 0 Å². The average molecular weight is 247 g/mol. The van der Waals surface area contributed by atoms with Crippen molar-refractivity contribution >= 4 is 5.82 Å². The highest BCUT2D eigenvalue weighted by molar-refractivity contribution is 5.37. The molecule has 1 aromatic rings. The zero-order valence-corrected chi connectivity index (χ0v) is 11.7. The molecule has 1 aliphatic carbocycles. The smallest absolute Gasteiger partial charge is 0.130 e. The van der Waals surface area contributed by atoms with E-state index in [4.69, 9.17) is 0 Å². The van der Waals surface area contributed by atoms with Gasteiger partial charge in [-0.05, 0) is 26.2 Å². The van der Waals surface area contributed by atoms with Crippen molar-refractivity contribution in [3.8, 4) is 0 Å². The number of aryl methyl sites for hydroxylation is 2. The predicted molar refractivity (Wildman–Crippen MR) is 75.9 cm³/mol. The first kappa shape index (κ1) is 13.3. The fourth-order valence-electron chi connectivity index (χ4n) is 2.69. The summed E-state index contributed by atoms with van der Waals surface area (Å²) in [6.07, 6.45) is 10.4. The largest absolute Gasteiger partial charge is 0.367 e. The van der Waals surface area contributed by atoms with Gasteiger partial charge in [-0.2, -0.15) is 0 Å². The minimum Gasteiger partial charge on any atom is -0.367 e. The first-order valence-electron chi connectivity index (χ1n) is 7.39. The lowest BCUT2D eigenvalue weighted by Gasteiger charge is -2.21. The topological polar surface area (TPSA) is 37.8 Å². The van der Waals surface area contributed by atoms with Crippen molar-refractivity contribution in [2.24, 2.45) is 0 Å². The molecule has 0 spiro atoms. The van der Waals surface area contributed by atoms with E-state index in [0.717, 1.165) is 23.8 Å². The Bertz CT molecular complexity index is 368. The minimum atomic E-state index is 0.601. The highest BCUT2D eigenvalue weighted by Gasteiger charge is 2.12. The van der Waals surface area contributed by atoms with Crippen LogP contribution in [-0.2, 0) is 6.42 Å². The van der Waals surface area contributed by atoms with Crippen LogP contribution in [0.3, 0.4) is 0 Å². The summed E-state index contributed by atoms with van der Waals surface area (Å²) in [5, 5.41) is 3.61. The van der Waals surface area contributed by atoms with E-state index in [1.54, 1.807) is 0 Å². The van der Waals surface area contributed by atoms with Gasteiger partial charge in [-0.15, -0.1) is 0 Å². The average Bonchev–Trinajstić information content (AvgIpc) is 2.31. The van der Waals surface area contributed by atoms with Gasteiger partial charge < -0.3 is 5.32 Å². The van der Waals surface area contributed by atoms with E-state index in [1.807, 2.05) is 6.92 Å². The number of hydrogen-bond acceptors (Lipinski definition) is 3. The monoisotopic (exact) mass is 247 g/mol. The van der Waals surface area contributed by atoms with Crippen LogP contribution in [0.25, 0.3) is 0 Å². The number of nitrogens with one attached hydrogen (secondary N) is 1. The van der Waals surface area contributed by atoms with Gasteiger partial charge in [0, 0.05) is 17.8 Å². The van der Waals surface area contributed by atoms with Gasteiger partial charge in [-0.25, -0.2) is 9.97 Å². The Hall–Kier alpha value is -1.12. The van der Waals surface area contributed by atoms with Crippen LogP contribution in [0, 0.1) is 6.92 Å². The van der Waals surface area contributed by atoms with Crippen LogP contribution in [0.15, 0.2) is 6.07 Å². The zero-order chi connectivity index (χ0) is 12.8. The van der Waals surface area contributed by atoms with Gasteiger partial charge in [0.1, 0.15) is 11.6 Å². The Balaban J connectivity index is 2.00. The molecule has 100 valence electrons. The van der Waals surface area contributed by atoms with Gasteiger partial charge in [0.05, 0.1) is 0 Å². The van der Waals surface area contributed by atoms with E-state index in [1.165, 1.54) is 44.9 Å². The number of anilines is 1.